The molecule has 1 fully saturated rings. The van der Waals surface area contributed by atoms with Gasteiger partial charge in [0.25, 0.3) is 5.91 Å². The van der Waals surface area contributed by atoms with Gasteiger partial charge in [-0.15, -0.1) is 5.10 Å². The number of carbonyl (C=O) groups is 1. The second-order valence-electron chi connectivity index (χ2n) is 7.20. The van der Waals surface area contributed by atoms with Crippen LogP contribution in [0.3, 0.4) is 0 Å². The van der Waals surface area contributed by atoms with E-state index in [1.807, 2.05) is 59.1 Å². The molecule has 0 bridgehead atoms. The van der Waals surface area contributed by atoms with Gasteiger partial charge < -0.3 is 4.90 Å². The van der Waals surface area contributed by atoms with E-state index in [0.717, 1.165) is 50.0 Å². The van der Waals surface area contributed by atoms with E-state index in [2.05, 4.69) is 15.4 Å². The summed E-state index contributed by atoms with van der Waals surface area (Å²) >= 11 is 0. The fourth-order valence-corrected chi connectivity index (χ4v) is 3.91. The molecule has 1 atom stereocenters. The van der Waals surface area contributed by atoms with Crippen LogP contribution < -0.4 is 0 Å². The SMILES string of the molecule is CCn1nccc1C(=O)N1CCCCC1CCn1cc(-c2ccccc2)nn1. The molecule has 0 radical (unpaired) electrons. The number of carbonyl (C=O) groups excluding carboxylic acids is 1. The first kappa shape index (κ1) is 18.4. The molecule has 0 aliphatic carbocycles. The summed E-state index contributed by atoms with van der Waals surface area (Å²) in [7, 11) is 0. The number of benzene rings is 1. The van der Waals surface area contributed by atoms with Gasteiger partial charge in [-0.2, -0.15) is 5.10 Å². The lowest BCUT2D eigenvalue weighted by molar-refractivity contribution is 0.0581. The van der Waals surface area contributed by atoms with Crippen molar-refractivity contribution < 1.29 is 4.79 Å². The minimum absolute atomic E-state index is 0.0904. The van der Waals surface area contributed by atoms with Crippen LogP contribution in [0, 0.1) is 0 Å². The molecule has 28 heavy (non-hydrogen) atoms. The highest BCUT2D eigenvalue weighted by Gasteiger charge is 2.29. The molecule has 1 saturated heterocycles. The zero-order valence-corrected chi connectivity index (χ0v) is 16.2. The van der Waals surface area contributed by atoms with Crippen molar-refractivity contribution >= 4 is 5.91 Å². The smallest absolute Gasteiger partial charge is 0.272 e. The van der Waals surface area contributed by atoms with E-state index in [1.54, 1.807) is 10.9 Å². The van der Waals surface area contributed by atoms with Gasteiger partial charge in [-0.3, -0.25) is 14.2 Å². The molecule has 1 aromatic carbocycles. The van der Waals surface area contributed by atoms with Crippen molar-refractivity contribution in [3.8, 4) is 11.3 Å². The van der Waals surface area contributed by atoms with Crippen LogP contribution in [0.25, 0.3) is 11.3 Å². The Kier molecular flexibility index (Phi) is 5.50. The molecule has 7 nitrogen and oxygen atoms in total. The van der Waals surface area contributed by atoms with Crippen LogP contribution in [0.2, 0.25) is 0 Å². The van der Waals surface area contributed by atoms with Gasteiger partial charge in [-0.1, -0.05) is 35.5 Å². The van der Waals surface area contributed by atoms with Crippen LogP contribution in [0.1, 0.15) is 43.1 Å². The summed E-state index contributed by atoms with van der Waals surface area (Å²) < 4.78 is 3.66. The van der Waals surface area contributed by atoms with Crippen molar-refractivity contribution in [1.82, 2.24) is 29.7 Å². The van der Waals surface area contributed by atoms with E-state index in [-0.39, 0.29) is 11.9 Å². The first-order chi connectivity index (χ1) is 13.8. The van der Waals surface area contributed by atoms with Crippen LogP contribution >= 0.6 is 0 Å². The van der Waals surface area contributed by atoms with Gasteiger partial charge in [0, 0.05) is 37.4 Å². The quantitative estimate of drug-likeness (QED) is 0.660. The Morgan fingerprint density at radius 2 is 2.04 bits per heavy atom. The number of likely N-dealkylation sites (tertiary alicyclic amines) is 1. The summed E-state index contributed by atoms with van der Waals surface area (Å²) in [6.07, 6.45) is 7.82. The van der Waals surface area contributed by atoms with E-state index in [4.69, 9.17) is 0 Å². The van der Waals surface area contributed by atoms with Gasteiger partial charge in [0.2, 0.25) is 0 Å². The number of nitrogens with zero attached hydrogens (tertiary/aromatic N) is 6. The Morgan fingerprint density at radius 3 is 2.86 bits per heavy atom. The third-order valence-corrected chi connectivity index (χ3v) is 5.42. The average molecular weight is 378 g/mol. The van der Waals surface area contributed by atoms with Crippen LogP contribution in [-0.4, -0.2) is 48.2 Å². The summed E-state index contributed by atoms with van der Waals surface area (Å²) in [5, 5.41) is 12.8. The normalized spacial score (nSPS) is 17.0. The van der Waals surface area contributed by atoms with E-state index in [0.29, 0.717) is 12.2 Å². The molecule has 1 aliphatic rings. The van der Waals surface area contributed by atoms with Crippen molar-refractivity contribution in [2.75, 3.05) is 6.54 Å². The number of hydrogen-bond donors (Lipinski definition) is 0. The van der Waals surface area contributed by atoms with Crippen LogP contribution in [0.5, 0.6) is 0 Å². The molecule has 3 heterocycles. The van der Waals surface area contributed by atoms with Crippen LogP contribution in [0.4, 0.5) is 0 Å². The summed E-state index contributed by atoms with van der Waals surface area (Å²) in [5.41, 5.74) is 2.63. The van der Waals surface area contributed by atoms with E-state index >= 15 is 0 Å². The zero-order chi connectivity index (χ0) is 19.3. The van der Waals surface area contributed by atoms with E-state index in [1.165, 1.54) is 0 Å². The fraction of sp³-hybridized carbons (Fsp3) is 0.429. The van der Waals surface area contributed by atoms with E-state index in [9.17, 15) is 4.79 Å². The monoisotopic (exact) mass is 378 g/mol. The maximum atomic E-state index is 13.1. The first-order valence-electron chi connectivity index (χ1n) is 10.0. The van der Waals surface area contributed by atoms with Gasteiger partial charge in [0.1, 0.15) is 11.4 Å². The molecule has 7 heteroatoms. The number of hydrogen-bond acceptors (Lipinski definition) is 4. The number of rotatable bonds is 6. The summed E-state index contributed by atoms with van der Waals surface area (Å²) in [4.78, 5) is 15.1. The van der Waals surface area contributed by atoms with Gasteiger partial charge in [-0.05, 0) is 38.7 Å². The van der Waals surface area contributed by atoms with Gasteiger partial charge in [0.15, 0.2) is 0 Å². The lowest BCUT2D eigenvalue weighted by Gasteiger charge is -2.35. The Balaban J connectivity index is 1.43. The van der Waals surface area contributed by atoms with Gasteiger partial charge >= 0.3 is 0 Å². The minimum Gasteiger partial charge on any atom is -0.334 e. The van der Waals surface area contributed by atoms with Crippen LogP contribution in [-0.2, 0) is 13.1 Å². The molecular weight excluding hydrogens is 352 g/mol. The average Bonchev–Trinajstić information content (AvgIpc) is 3.42. The molecule has 2 aromatic heterocycles. The highest BCUT2D eigenvalue weighted by atomic mass is 16.2. The lowest BCUT2D eigenvalue weighted by Crippen LogP contribution is -2.44. The number of amides is 1. The minimum atomic E-state index is 0.0904. The zero-order valence-electron chi connectivity index (χ0n) is 16.2. The van der Waals surface area contributed by atoms with Crippen molar-refractivity contribution in [3.63, 3.8) is 0 Å². The Morgan fingerprint density at radius 1 is 1.18 bits per heavy atom. The topological polar surface area (TPSA) is 68.8 Å². The summed E-state index contributed by atoms with van der Waals surface area (Å²) in [6.45, 7) is 4.27. The maximum absolute atomic E-state index is 13.1. The Hall–Kier alpha value is -2.96. The highest BCUT2D eigenvalue weighted by molar-refractivity contribution is 5.92. The number of aromatic nitrogens is 5. The molecule has 0 N–H and O–H groups in total. The highest BCUT2D eigenvalue weighted by Crippen LogP contribution is 2.23. The third kappa shape index (κ3) is 3.83. The van der Waals surface area contributed by atoms with Crippen molar-refractivity contribution in [1.29, 1.82) is 0 Å². The van der Waals surface area contributed by atoms with Gasteiger partial charge in [-0.25, -0.2) is 0 Å². The van der Waals surface area contributed by atoms with Crippen molar-refractivity contribution in [2.24, 2.45) is 0 Å². The molecule has 3 aromatic rings. The summed E-state index contributed by atoms with van der Waals surface area (Å²) in [5.74, 6) is 0.0904. The first-order valence-corrected chi connectivity index (χ1v) is 10.0. The molecule has 4 rings (SSSR count). The molecule has 1 aliphatic heterocycles. The fourth-order valence-electron chi connectivity index (χ4n) is 3.91. The number of piperidine rings is 1. The third-order valence-electron chi connectivity index (χ3n) is 5.42. The largest absolute Gasteiger partial charge is 0.334 e. The Labute approximate surface area is 165 Å². The summed E-state index contributed by atoms with van der Waals surface area (Å²) in [6, 6.07) is 12.1. The van der Waals surface area contributed by atoms with Crippen molar-refractivity contribution in [3.05, 3.63) is 54.5 Å². The molecule has 1 unspecified atom stereocenters. The second-order valence-corrected chi connectivity index (χ2v) is 7.20. The molecule has 1 amide bonds. The molecule has 0 spiro atoms. The van der Waals surface area contributed by atoms with Gasteiger partial charge in [0.05, 0.1) is 6.20 Å². The molecule has 146 valence electrons. The van der Waals surface area contributed by atoms with Crippen LogP contribution in [0.15, 0.2) is 48.8 Å². The lowest BCUT2D eigenvalue weighted by atomic mass is 9.99. The van der Waals surface area contributed by atoms with E-state index < -0.39 is 0 Å². The standard InChI is InChI=1S/C21H26N6O/c1-2-27-20(11-13-22-27)21(28)26-14-7-6-10-18(26)12-15-25-16-19(23-24-25)17-8-4-3-5-9-17/h3-5,8-9,11,13,16,18H,2,6-7,10,12,14-15H2,1H3. The Bertz CT molecular complexity index is 916. The molecular formula is C21H26N6O. The molecule has 0 saturated carbocycles. The maximum Gasteiger partial charge on any atom is 0.272 e. The predicted octanol–water partition coefficient (Wildman–Crippen LogP) is 3.25. The predicted molar refractivity (Wildman–Crippen MR) is 107 cm³/mol. The number of aryl methyl sites for hydroxylation is 2. The van der Waals surface area contributed by atoms with Crippen molar-refractivity contribution in [2.45, 2.75) is 51.7 Å². The second kappa shape index (κ2) is 8.37.